The van der Waals surface area contributed by atoms with Crippen molar-refractivity contribution in [2.24, 2.45) is 0 Å². The Labute approximate surface area is 195 Å². The highest BCUT2D eigenvalue weighted by Gasteiger charge is 2.30. The van der Waals surface area contributed by atoms with E-state index < -0.39 is 0 Å². The van der Waals surface area contributed by atoms with Crippen LogP contribution in [0.1, 0.15) is 38.7 Å². The van der Waals surface area contributed by atoms with Gasteiger partial charge in [-0.2, -0.15) is 0 Å². The van der Waals surface area contributed by atoms with E-state index in [9.17, 15) is 4.79 Å². The summed E-state index contributed by atoms with van der Waals surface area (Å²) in [4.78, 5) is 17.6. The van der Waals surface area contributed by atoms with E-state index in [1.165, 1.54) is 22.3 Å². The van der Waals surface area contributed by atoms with Crippen LogP contribution in [0.4, 0.5) is 0 Å². The number of ether oxygens (including phenoxy) is 1. The lowest BCUT2D eigenvalue weighted by molar-refractivity contribution is 0.0594. The van der Waals surface area contributed by atoms with Crippen molar-refractivity contribution in [1.29, 1.82) is 0 Å². The number of hydrogen-bond donors (Lipinski definition) is 0. The molecule has 0 saturated carbocycles. The summed E-state index contributed by atoms with van der Waals surface area (Å²) in [6.07, 6.45) is 0. The summed E-state index contributed by atoms with van der Waals surface area (Å²) in [6, 6.07) is 22.6. The minimum Gasteiger partial charge on any atom is -0.496 e. The largest absolute Gasteiger partial charge is 0.496 e. The average Bonchev–Trinajstić information content (AvgIpc) is 2.82. The fourth-order valence-corrected chi connectivity index (χ4v) is 4.65. The van der Waals surface area contributed by atoms with Crippen LogP contribution in [0.3, 0.4) is 0 Å². The van der Waals surface area contributed by atoms with E-state index >= 15 is 0 Å². The molecule has 1 aliphatic heterocycles. The van der Waals surface area contributed by atoms with Gasteiger partial charge in [-0.25, -0.2) is 0 Å². The number of carbonyl (C=O) groups excluding carboxylic acids is 1. The molecule has 4 nitrogen and oxygen atoms in total. The van der Waals surface area contributed by atoms with Gasteiger partial charge in [0.15, 0.2) is 0 Å². The van der Waals surface area contributed by atoms with Gasteiger partial charge in [0, 0.05) is 31.2 Å². The van der Waals surface area contributed by atoms with Gasteiger partial charge >= 0.3 is 0 Å². The highest BCUT2D eigenvalue weighted by molar-refractivity contribution is 6.31. The van der Waals surface area contributed by atoms with Crippen LogP contribution in [0.5, 0.6) is 5.75 Å². The van der Waals surface area contributed by atoms with Crippen molar-refractivity contribution < 1.29 is 9.53 Å². The summed E-state index contributed by atoms with van der Waals surface area (Å²) < 4.78 is 5.40. The number of amides is 1. The van der Waals surface area contributed by atoms with E-state index in [-0.39, 0.29) is 11.9 Å². The molecule has 32 heavy (non-hydrogen) atoms. The third kappa shape index (κ3) is 4.67. The maximum atomic E-state index is 13.2. The van der Waals surface area contributed by atoms with Gasteiger partial charge in [0.05, 0.1) is 18.7 Å². The molecule has 0 bridgehead atoms. The van der Waals surface area contributed by atoms with Crippen molar-refractivity contribution in [2.75, 3.05) is 33.3 Å². The average molecular weight is 449 g/mol. The summed E-state index contributed by atoms with van der Waals surface area (Å²) >= 11 is 6.15. The molecule has 3 aromatic rings. The zero-order valence-electron chi connectivity index (χ0n) is 18.8. The minimum atomic E-state index is -0.0352. The zero-order valence-corrected chi connectivity index (χ0v) is 19.6. The van der Waals surface area contributed by atoms with Crippen LogP contribution in [-0.4, -0.2) is 49.0 Å². The number of methoxy groups -OCH3 is 1. The van der Waals surface area contributed by atoms with Crippen molar-refractivity contribution in [2.45, 2.75) is 19.9 Å². The van der Waals surface area contributed by atoms with E-state index in [0.29, 0.717) is 29.4 Å². The first kappa shape index (κ1) is 22.4. The highest BCUT2D eigenvalue weighted by Crippen LogP contribution is 2.33. The smallest absolute Gasteiger partial charge is 0.257 e. The molecule has 0 unspecified atom stereocenters. The molecule has 0 N–H and O–H groups in total. The second-order valence-electron chi connectivity index (χ2n) is 8.35. The van der Waals surface area contributed by atoms with Gasteiger partial charge in [0.2, 0.25) is 0 Å². The van der Waals surface area contributed by atoms with Crippen LogP contribution in [0, 0.1) is 13.8 Å². The monoisotopic (exact) mass is 448 g/mol. The third-order valence-corrected chi connectivity index (χ3v) is 6.44. The summed E-state index contributed by atoms with van der Waals surface area (Å²) in [5, 5.41) is 0.534. The first-order chi connectivity index (χ1) is 15.5. The Morgan fingerprint density at radius 1 is 0.938 bits per heavy atom. The molecule has 0 spiro atoms. The molecule has 5 heteroatoms. The Morgan fingerprint density at radius 2 is 1.66 bits per heavy atom. The molecular weight excluding hydrogens is 420 g/mol. The van der Waals surface area contributed by atoms with E-state index in [1.54, 1.807) is 25.3 Å². The van der Waals surface area contributed by atoms with Crippen molar-refractivity contribution in [1.82, 2.24) is 9.80 Å². The minimum absolute atomic E-state index is 0.0352. The van der Waals surface area contributed by atoms with E-state index in [4.69, 9.17) is 16.3 Å². The van der Waals surface area contributed by atoms with Gasteiger partial charge in [0.1, 0.15) is 5.75 Å². The Hall–Kier alpha value is -2.82. The predicted octanol–water partition coefficient (Wildman–Crippen LogP) is 5.51. The summed E-state index contributed by atoms with van der Waals surface area (Å²) in [6.45, 7) is 7.21. The fourth-order valence-electron chi connectivity index (χ4n) is 4.48. The molecule has 1 atom stereocenters. The van der Waals surface area contributed by atoms with Gasteiger partial charge in [-0.15, -0.1) is 0 Å². The molecule has 3 aromatic carbocycles. The van der Waals surface area contributed by atoms with Crippen LogP contribution in [-0.2, 0) is 0 Å². The maximum absolute atomic E-state index is 13.2. The van der Waals surface area contributed by atoms with Gasteiger partial charge < -0.3 is 9.64 Å². The highest BCUT2D eigenvalue weighted by atomic mass is 35.5. The number of rotatable bonds is 5. The number of nitrogens with zero attached hydrogens (tertiary/aromatic N) is 2. The van der Waals surface area contributed by atoms with Crippen LogP contribution < -0.4 is 4.74 Å². The standard InChI is InChI=1S/C27H29ClN2O2/c1-19-9-10-20(2)23(17-19)26(21-7-5-4-6-8-21)29-13-15-30(16-14-29)27(31)24-18-22(28)11-12-25(24)32-3/h4-12,17-18,26H,13-16H2,1-3H3/t26-/m1/s1. The number of benzene rings is 3. The second-order valence-corrected chi connectivity index (χ2v) is 8.78. The summed E-state index contributed by atoms with van der Waals surface area (Å²) in [5.74, 6) is 0.520. The van der Waals surface area contributed by atoms with Crippen molar-refractivity contribution >= 4 is 17.5 Å². The fraction of sp³-hybridized carbons (Fsp3) is 0.296. The first-order valence-corrected chi connectivity index (χ1v) is 11.3. The van der Waals surface area contributed by atoms with Gasteiger partial charge in [-0.05, 0) is 48.7 Å². The SMILES string of the molecule is COc1ccc(Cl)cc1C(=O)N1CCN([C@H](c2ccccc2)c2cc(C)ccc2C)CC1. The number of hydrogen-bond acceptors (Lipinski definition) is 3. The zero-order chi connectivity index (χ0) is 22.7. The van der Waals surface area contributed by atoms with Crippen molar-refractivity contribution in [3.8, 4) is 5.75 Å². The summed E-state index contributed by atoms with van der Waals surface area (Å²) in [7, 11) is 1.58. The topological polar surface area (TPSA) is 32.8 Å². The van der Waals surface area contributed by atoms with Crippen LogP contribution in [0.15, 0.2) is 66.7 Å². The van der Waals surface area contributed by atoms with Crippen molar-refractivity contribution in [3.05, 3.63) is 99.6 Å². The first-order valence-electron chi connectivity index (χ1n) is 11.0. The Kier molecular flexibility index (Phi) is 6.83. The predicted molar refractivity (Wildman–Crippen MR) is 130 cm³/mol. The van der Waals surface area contributed by atoms with Crippen LogP contribution >= 0.6 is 11.6 Å². The molecule has 0 aromatic heterocycles. The number of aryl methyl sites for hydroxylation is 2. The number of carbonyl (C=O) groups is 1. The van der Waals surface area contributed by atoms with Crippen LogP contribution in [0.25, 0.3) is 0 Å². The Morgan fingerprint density at radius 3 is 2.34 bits per heavy atom. The Bertz CT molecular complexity index is 1090. The maximum Gasteiger partial charge on any atom is 0.257 e. The van der Waals surface area contributed by atoms with Crippen molar-refractivity contribution in [3.63, 3.8) is 0 Å². The molecule has 4 rings (SSSR count). The molecule has 166 valence electrons. The lowest BCUT2D eigenvalue weighted by atomic mass is 9.92. The number of piperazine rings is 1. The number of halogens is 1. The quantitative estimate of drug-likeness (QED) is 0.515. The van der Waals surface area contributed by atoms with E-state index in [0.717, 1.165) is 13.1 Å². The van der Waals surface area contributed by atoms with E-state index in [1.807, 2.05) is 4.90 Å². The Balaban J connectivity index is 1.58. The van der Waals surface area contributed by atoms with Gasteiger partial charge in [-0.3, -0.25) is 9.69 Å². The van der Waals surface area contributed by atoms with Crippen LogP contribution in [0.2, 0.25) is 5.02 Å². The van der Waals surface area contributed by atoms with E-state index in [2.05, 4.69) is 67.3 Å². The van der Waals surface area contributed by atoms with Gasteiger partial charge in [-0.1, -0.05) is 65.7 Å². The normalized spacial score (nSPS) is 15.4. The molecule has 1 aliphatic rings. The second kappa shape index (κ2) is 9.76. The molecule has 1 saturated heterocycles. The third-order valence-electron chi connectivity index (χ3n) is 6.20. The molecule has 0 radical (unpaired) electrons. The lowest BCUT2D eigenvalue weighted by Gasteiger charge is -2.40. The molecule has 1 heterocycles. The van der Waals surface area contributed by atoms with Gasteiger partial charge in [0.25, 0.3) is 5.91 Å². The molecule has 0 aliphatic carbocycles. The summed E-state index contributed by atoms with van der Waals surface area (Å²) in [5.41, 5.74) is 5.66. The lowest BCUT2D eigenvalue weighted by Crippen LogP contribution is -2.50. The molecular formula is C27H29ClN2O2. The molecule has 1 fully saturated rings. The molecule has 1 amide bonds.